The molecule has 1 aromatic carbocycles. The van der Waals surface area contributed by atoms with Crippen LogP contribution >= 0.6 is 0 Å². The van der Waals surface area contributed by atoms with Gasteiger partial charge in [0.1, 0.15) is 6.10 Å². The van der Waals surface area contributed by atoms with Crippen molar-refractivity contribution in [1.29, 1.82) is 0 Å². The molecule has 110 valence electrons. The highest BCUT2D eigenvalue weighted by atomic mass is 16.5. The van der Waals surface area contributed by atoms with E-state index in [0.29, 0.717) is 5.57 Å². The molecule has 0 amide bonds. The van der Waals surface area contributed by atoms with E-state index < -0.39 is 5.97 Å². The number of carbonyl (C=O) groups is 2. The van der Waals surface area contributed by atoms with E-state index in [9.17, 15) is 9.59 Å². The Balaban J connectivity index is 1.86. The van der Waals surface area contributed by atoms with E-state index in [1.54, 1.807) is 0 Å². The van der Waals surface area contributed by atoms with Crippen LogP contribution in [0.15, 0.2) is 36.6 Å². The number of aliphatic carboxylic acids is 1. The van der Waals surface area contributed by atoms with Crippen LogP contribution < -0.4 is 0 Å². The van der Waals surface area contributed by atoms with Gasteiger partial charge in [-0.05, 0) is 18.4 Å². The average molecular weight is 286 g/mol. The van der Waals surface area contributed by atoms with Crippen LogP contribution in [0.2, 0.25) is 0 Å². The molecule has 1 saturated carbocycles. The van der Waals surface area contributed by atoms with Crippen molar-refractivity contribution in [2.45, 2.75) is 31.8 Å². The first-order valence-electron chi connectivity index (χ1n) is 7.34. The Morgan fingerprint density at radius 1 is 1.24 bits per heavy atom. The number of carboxylic acids is 1. The highest BCUT2D eigenvalue weighted by Crippen LogP contribution is 2.40. The maximum atomic E-state index is 12.7. The molecule has 1 aromatic rings. The summed E-state index contributed by atoms with van der Waals surface area (Å²) in [6.07, 6.45) is 3.80. The monoisotopic (exact) mass is 286 g/mol. The minimum absolute atomic E-state index is 0.0706. The smallest absolute Gasteiger partial charge is 0.303 e. The minimum Gasteiger partial charge on any atom is -0.496 e. The van der Waals surface area contributed by atoms with Crippen LogP contribution in [-0.4, -0.2) is 23.0 Å². The Labute approximate surface area is 123 Å². The van der Waals surface area contributed by atoms with Crippen molar-refractivity contribution in [3.63, 3.8) is 0 Å². The molecule has 3 unspecified atom stereocenters. The van der Waals surface area contributed by atoms with Crippen molar-refractivity contribution in [3.05, 3.63) is 42.2 Å². The van der Waals surface area contributed by atoms with Gasteiger partial charge in [0.2, 0.25) is 0 Å². The molecule has 4 heteroatoms. The Morgan fingerprint density at radius 2 is 2.00 bits per heavy atom. The largest absolute Gasteiger partial charge is 0.496 e. The maximum absolute atomic E-state index is 12.7. The number of rotatable bonds is 3. The fourth-order valence-electron chi connectivity index (χ4n) is 3.42. The zero-order chi connectivity index (χ0) is 14.8. The van der Waals surface area contributed by atoms with E-state index in [-0.39, 0.29) is 30.1 Å². The van der Waals surface area contributed by atoms with Gasteiger partial charge in [0.15, 0.2) is 5.78 Å². The zero-order valence-electron chi connectivity index (χ0n) is 11.7. The summed E-state index contributed by atoms with van der Waals surface area (Å²) in [6, 6.07) is 9.48. The summed E-state index contributed by atoms with van der Waals surface area (Å²) in [6.45, 7) is 0. The highest BCUT2D eigenvalue weighted by molar-refractivity contribution is 6.22. The SMILES string of the molecule is O=C(O)CC1CCCC2C(=O)C(c3ccccc3)=COC12. The topological polar surface area (TPSA) is 63.6 Å². The number of Topliss-reactive ketones (excluding diaryl/α,β-unsaturated/α-hetero) is 1. The lowest BCUT2D eigenvalue weighted by molar-refractivity contribution is -0.142. The number of fused-ring (bicyclic) bond motifs is 1. The lowest BCUT2D eigenvalue weighted by Crippen LogP contribution is -2.42. The van der Waals surface area contributed by atoms with Crippen LogP contribution in [-0.2, 0) is 14.3 Å². The number of carbonyl (C=O) groups excluding carboxylic acids is 1. The van der Waals surface area contributed by atoms with Crippen LogP contribution in [0.3, 0.4) is 0 Å². The molecule has 1 aliphatic carbocycles. The summed E-state index contributed by atoms with van der Waals surface area (Å²) in [4.78, 5) is 23.6. The van der Waals surface area contributed by atoms with E-state index in [1.165, 1.54) is 6.26 Å². The number of hydrogen-bond acceptors (Lipinski definition) is 3. The molecule has 0 aromatic heterocycles. The van der Waals surface area contributed by atoms with Gasteiger partial charge in [0.25, 0.3) is 0 Å². The van der Waals surface area contributed by atoms with Crippen LogP contribution in [0.25, 0.3) is 5.57 Å². The number of hydrogen-bond donors (Lipinski definition) is 1. The molecule has 0 saturated heterocycles. The van der Waals surface area contributed by atoms with Gasteiger partial charge < -0.3 is 9.84 Å². The van der Waals surface area contributed by atoms with Crippen LogP contribution in [0, 0.1) is 11.8 Å². The molecular weight excluding hydrogens is 268 g/mol. The predicted octanol–water partition coefficient (Wildman–Crippen LogP) is 2.89. The van der Waals surface area contributed by atoms with Gasteiger partial charge in [-0.1, -0.05) is 36.8 Å². The second-order valence-electron chi connectivity index (χ2n) is 5.76. The van der Waals surface area contributed by atoms with Crippen molar-refractivity contribution in [2.24, 2.45) is 11.8 Å². The lowest BCUT2D eigenvalue weighted by Gasteiger charge is -2.39. The Kier molecular flexibility index (Phi) is 3.78. The summed E-state index contributed by atoms with van der Waals surface area (Å²) < 4.78 is 5.79. The second-order valence-corrected chi connectivity index (χ2v) is 5.76. The third-order valence-electron chi connectivity index (χ3n) is 4.42. The summed E-state index contributed by atoms with van der Waals surface area (Å²) in [5, 5.41) is 9.00. The third-order valence-corrected chi connectivity index (χ3v) is 4.42. The van der Waals surface area contributed by atoms with Gasteiger partial charge in [-0.2, -0.15) is 0 Å². The number of ketones is 1. The normalized spacial score (nSPS) is 28.3. The Bertz CT molecular complexity index is 576. The quantitative estimate of drug-likeness (QED) is 0.928. The predicted molar refractivity (Wildman–Crippen MR) is 77.4 cm³/mol. The first kappa shape index (κ1) is 13.9. The fourth-order valence-corrected chi connectivity index (χ4v) is 3.42. The summed E-state index contributed by atoms with van der Waals surface area (Å²) in [5.41, 5.74) is 1.47. The average Bonchev–Trinajstić information content (AvgIpc) is 2.49. The van der Waals surface area contributed by atoms with Gasteiger partial charge in [-0.3, -0.25) is 9.59 Å². The van der Waals surface area contributed by atoms with Crippen molar-refractivity contribution in [3.8, 4) is 0 Å². The fraction of sp³-hybridized carbons (Fsp3) is 0.412. The second kappa shape index (κ2) is 5.72. The first-order chi connectivity index (χ1) is 10.2. The van der Waals surface area contributed by atoms with Gasteiger partial charge >= 0.3 is 5.97 Å². The van der Waals surface area contributed by atoms with E-state index in [2.05, 4.69) is 0 Å². The van der Waals surface area contributed by atoms with Crippen LogP contribution in [0.1, 0.15) is 31.2 Å². The highest BCUT2D eigenvalue weighted by Gasteiger charge is 2.43. The Hall–Kier alpha value is -2.10. The third kappa shape index (κ3) is 2.71. The van der Waals surface area contributed by atoms with Gasteiger partial charge in [0, 0.05) is 5.92 Å². The number of ether oxygens (including phenoxy) is 1. The van der Waals surface area contributed by atoms with E-state index >= 15 is 0 Å². The lowest BCUT2D eigenvalue weighted by atomic mass is 9.72. The summed E-state index contributed by atoms with van der Waals surface area (Å²) in [7, 11) is 0. The molecule has 0 spiro atoms. The van der Waals surface area contributed by atoms with Crippen molar-refractivity contribution in [2.75, 3.05) is 0 Å². The summed E-state index contributed by atoms with van der Waals surface area (Å²) >= 11 is 0. The van der Waals surface area contributed by atoms with Crippen LogP contribution in [0.5, 0.6) is 0 Å². The molecule has 1 N–H and O–H groups in total. The number of allylic oxidation sites excluding steroid dienone is 1. The number of benzene rings is 1. The maximum Gasteiger partial charge on any atom is 0.303 e. The first-order valence-corrected chi connectivity index (χ1v) is 7.34. The molecule has 4 nitrogen and oxygen atoms in total. The van der Waals surface area contributed by atoms with Gasteiger partial charge in [-0.25, -0.2) is 0 Å². The molecule has 2 aliphatic rings. The van der Waals surface area contributed by atoms with Gasteiger partial charge in [0.05, 0.1) is 24.2 Å². The molecule has 0 bridgehead atoms. The van der Waals surface area contributed by atoms with Crippen molar-refractivity contribution in [1.82, 2.24) is 0 Å². The molecule has 0 radical (unpaired) electrons. The molecule has 1 heterocycles. The summed E-state index contributed by atoms with van der Waals surface area (Å²) in [5.74, 6) is -1.01. The van der Waals surface area contributed by atoms with Crippen molar-refractivity contribution >= 4 is 17.3 Å². The minimum atomic E-state index is -0.825. The molecule has 21 heavy (non-hydrogen) atoms. The van der Waals surface area contributed by atoms with Crippen molar-refractivity contribution < 1.29 is 19.4 Å². The Morgan fingerprint density at radius 3 is 2.71 bits per heavy atom. The van der Waals surface area contributed by atoms with Gasteiger partial charge in [-0.15, -0.1) is 0 Å². The molecule has 1 fully saturated rings. The number of carboxylic acid groups (broad SMARTS) is 1. The molecule has 1 aliphatic heterocycles. The standard InChI is InChI=1S/C17H18O4/c18-15(19)9-12-7-4-8-13-16(20)14(10-21-17(12)13)11-5-2-1-3-6-11/h1-3,5-6,10,12-13,17H,4,7-9H2,(H,18,19). The molecule has 3 atom stereocenters. The van der Waals surface area contributed by atoms with Crippen LogP contribution in [0.4, 0.5) is 0 Å². The molecule has 3 rings (SSSR count). The zero-order valence-corrected chi connectivity index (χ0v) is 11.7. The molecular formula is C17H18O4. The van der Waals surface area contributed by atoms with E-state index in [1.807, 2.05) is 30.3 Å². The van der Waals surface area contributed by atoms with E-state index in [0.717, 1.165) is 24.8 Å². The van der Waals surface area contributed by atoms with E-state index in [4.69, 9.17) is 9.84 Å².